The molecule has 0 heterocycles. The Morgan fingerprint density at radius 2 is 2.27 bits per heavy atom. The monoisotopic (exact) mass is 222 g/mol. The van der Waals surface area contributed by atoms with Crippen LogP contribution in [0.5, 0.6) is 0 Å². The fourth-order valence-corrected chi connectivity index (χ4v) is 1.40. The number of amides is 1. The van der Waals surface area contributed by atoms with E-state index in [0.29, 0.717) is 10.7 Å². The van der Waals surface area contributed by atoms with Crippen molar-refractivity contribution in [2.75, 3.05) is 5.32 Å². The average molecular weight is 223 g/mol. The summed E-state index contributed by atoms with van der Waals surface area (Å²) in [7, 11) is 0. The summed E-state index contributed by atoms with van der Waals surface area (Å²) >= 11 is 5.95. The minimum absolute atomic E-state index is 0.169. The summed E-state index contributed by atoms with van der Waals surface area (Å²) in [5.41, 5.74) is 1.41. The van der Waals surface area contributed by atoms with E-state index in [2.05, 4.69) is 11.4 Å². The smallest absolute Gasteiger partial charge is 0.221 e. The van der Waals surface area contributed by atoms with Gasteiger partial charge in [0.15, 0.2) is 0 Å². The number of hydrogen-bond donors (Lipinski definition) is 1. The lowest BCUT2D eigenvalue weighted by Crippen LogP contribution is -2.06. The summed E-state index contributed by atoms with van der Waals surface area (Å²) < 4.78 is 0. The maximum Gasteiger partial charge on any atom is 0.221 e. The first-order valence-corrected chi connectivity index (χ1v) is 4.89. The van der Waals surface area contributed by atoms with E-state index < -0.39 is 0 Å². The van der Waals surface area contributed by atoms with Crippen LogP contribution in [-0.4, -0.2) is 5.91 Å². The van der Waals surface area contributed by atoms with Crippen LogP contribution in [0.15, 0.2) is 18.2 Å². The van der Waals surface area contributed by atoms with E-state index >= 15 is 0 Å². The number of rotatable bonds is 2. The molecule has 3 nitrogen and oxygen atoms in total. The van der Waals surface area contributed by atoms with E-state index in [-0.39, 0.29) is 11.8 Å². The summed E-state index contributed by atoms with van der Waals surface area (Å²) in [6.45, 7) is 3.21. The lowest BCUT2D eigenvalue weighted by Gasteiger charge is -2.08. The van der Waals surface area contributed by atoms with Crippen molar-refractivity contribution in [2.45, 2.75) is 19.8 Å². The Kier molecular flexibility index (Phi) is 3.70. The lowest BCUT2D eigenvalue weighted by molar-refractivity contribution is -0.114. The van der Waals surface area contributed by atoms with Gasteiger partial charge in [0.1, 0.15) is 0 Å². The van der Waals surface area contributed by atoms with Crippen LogP contribution < -0.4 is 5.32 Å². The number of anilines is 1. The maximum absolute atomic E-state index is 10.8. The molecule has 1 rings (SSSR count). The van der Waals surface area contributed by atoms with Crippen molar-refractivity contribution in [1.29, 1.82) is 5.26 Å². The molecule has 4 heteroatoms. The van der Waals surface area contributed by atoms with Gasteiger partial charge in [-0.15, -0.1) is 0 Å². The number of halogens is 1. The van der Waals surface area contributed by atoms with Gasteiger partial charge in [-0.2, -0.15) is 5.26 Å². The van der Waals surface area contributed by atoms with Gasteiger partial charge in [-0.25, -0.2) is 0 Å². The number of nitrogens with zero attached hydrogens (tertiary/aromatic N) is 1. The van der Waals surface area contributed by atoms with Gasteiger partial charge in [0.05, 0.1) is 22.7 Å². The molecule has 0 aliphatic heterocycles. The third-order valence-corrected chi connectivity index (χ3v) is 2.31. The van der Waals surface area contributed by atoms with Crippen LogP contribution >= 0.6 is 11.6 Å². The van der Waals surface area contributed by atoms with E-state index in [9.17, 15) is 4.79 Å². The van der Waals surface area contributed by atoms with Crippen molar-refractivity contribution in [3.8, 4) is 6.07 Å². The summed E-state index contributed by atoms with van der Waals surface area (Å²) in [5, 5.41) is 11.8. The first-order chi connectivity index (χ1) is 7.04. The molecule has 0 spiro atoms. The van der Waals surface area contributed by atoms with E-state index in [0.717, 1.165) is 5.56 Å². The first kappa shape index (κ1) is 11.5. The molecule has 0 unspecified atom stereocenters. The average Bonchev–Trinajstić information content (AvgIpc) is 2.19. The second kappa shape index (κ2) is 4.81. The number of nitrogens with one attached hydrogen (secondary N) is 1. The number of benzene rings is 1. The quantitative estimate of drug-likeness (QED) is 0.837. The van der Waals surface area contributed by atoms with Crippen molar-refractivity contribution in [3.63, 3.8) is 0 Å². The van der Waals surface area contributed by atoms with Crippen molar-refractivity contribution in [1.82, 2.24) is 0 Å². The maximum atomic E-state index is 10.8. The van der Waals surface area contributed by atoms with Gasteiger partial charge in [-0.05, 0) is 24.6 Å². The molecule has 1 atom stereocenters. The molecule has 0 aliphatic rings. The highest BCUT2D eigenvalue weighted by atomic mass is 35.5. The summed E-state index contributed by atoms with van der Waals surface area (Å²) in [6.07, 6.45) is 0. The van der Waals surface area contributed by atoms with Crippen LogP contribution in [0.1, 0.15) is 25.3 Å². The molecule has 0 saturated heterocycles. The van der Waals surface area contributed by atoms with Crippen LogP contribution in [0.3, 0.4) is 0 Å². The third kappa shape index (κ3) is 2.97. The molecular formula is C11H11ClN2O. The molecule has 0 radical (unpaired) electrons. The zero-order valence-corrected chi connectivity index (χ0v) is 9.30. The number of carbonyl (C=O) groups excluding carboxylic acids is 1. The summed E-state index contributed by atoms with van der Waals surface area (Å²) in [6, 6.07) is 7.30. The van der Waals surface area contributed by atoms with E-state index in [1.54, 1.807) is 25.1 Å². The largest absolute Gasteiger partial charge is 0.325 e. The molecular weight excluding hydrogens is 212 g/mol. The zero-order chi connectivity index (χ0) is 11.4. The number of nitriles is 1. The summed E-state index contributed by atoms with van der Waals surface area (Å²) in [5.74, 6) is -0.369. The Balaban J connectivity index is 2.99. The minimum Gasteiger partial charge on any atom is -0.325 e. The molecule has 0 aliphatic carbocycles. The second-order valence-corrected chi connectivity index (χ2v) is 3.68. The Morgan fingerprint density at radius 1 is 1.60 bits per heavy atom. The Morgan fingerprint density at radius 3 is 2.73 bits per heavy atom. The predicted octanol–water partition coefficient (Wildman–Crippen LogP) is 2.93. The Bertz CT molecular complexity index is 423. The van der Waals surface area contributed by atoms with Crippen LogP contribution in [0.4, 0.5) is 5.69 Å². The highest BCUT2D eigenvalue weighted by Crippen LogP contribution is 2.26. The SMILES string of the molecule is CC(=O)Nc1ccc([C@H](C)C#N)cc1Cl. The first-order valence-electron chi connectivity index (χ1n) is 4.51. The van der Waals surface area contributed by atoms with Crippen LogP contribution in [-0.2, 0) is 4.79 Å². The summed E-state index contributed by atoms with van der Waals surface area (Å²) in [4.78, 5) is 10.8. The molecule has 15 heavy (non-hydrogen) atoms. The fourth-order valence-electron chi connectivity index (χ4n) is 1.17. The molecule has 1 amide bonds. The van der Waals surface area contributed by atoms with Gasteiger partial charge in [0.25, 0.3) is 0 Å². The molecule has 0 aromatic heterocycles. The van der Waals surface area contributed by atoms with Crippen LogP contribution in [0.25, 0.3) is 0 Å². The molecule has 1 aromatic carbocycles. The van der Waals surface area contributed by atoms with Gasteiger partial charge < -0.3 is 5.32 Å². The standard InChI is InChI=1S/C11H11ClN2O/c1-7(6-13)9-3-4-11(10(12)5-9)14-8(2)15/h3-5,7H,1-2H3,(H,14,15)/t7-/m1/s1. The Labute approximate surface area is 93.7 Å². The van der Waals surface area contributed by atoms with Crippen molar-refractivity contribution >= 4 is 23.2 Å². The Hall–Kier alpha value is -1.53. The minimum atomic E-state index is -0.200. The molecule has 0 saturated carbocycles. The number of carbonyl (C=O) groups is 1. The highest BCUT2D eigenvalue weighted by molar-refractivity contribution is 6.33. The zero-order valence-electron chi connectivity index (χ0n) is 8.54. The van der Waals surface area contributed by atoms with Gasteiger partial charge in [0.2, 0.25) is 5.91 Å². The van der Waals surface area contributed by atoms with E-state index in [1.807, 2.05) is 0 Å². The van der Waals surface area contributed by atoms with Crippen molar-refractivity contribution in [2.24, 2.45) is 0 Å². The van der Waals surface area contributed by atoms with Crippen molar-refractivity contribution in [3.05, 3.63) is 28.8 Å². The topological polar surface area (TPSA) is 52.9 Å². The van der Waals surface area contributed by atoms with Gasteiger partial charge in [0, 0.05) is 6.92 Å². The molecule has 0 bridgehead atoms. The molecule has 1 aromatic rings. The third-order valence-electron chi connectivity index (χ3n) is 2.00. The predicted molar refractivity (Wildman–Crippen MR) is 59.8 cm³/mol. The fraction of sp³-hybridized carbons (Fsp3) is 0.273. The van der Waals surface area contributed by atoms with Crippen LogP contribution in [0, 0.1) is 11.3 Å². The highest BCUT2D eigenvalue weighted by Gasteiger charge is 2.07. The molecule has 1 N–H and O–H groups in total. The van der Waals surface area contributed by atoms with E-state index in [4.69, 9.17) is 16.9 Å². The van der Waals surface area contributed by atoms with Crippen LogP contribution in [0.2, 0.25) is 5.02 Å². The number of hydrogen-bond acceptors (Lipinski definition) is 2. The van der Waals surface area contributed by atoms with E-state index in [1.165, 1.54) is 6.92 Å². The normalized spacial score (nSPS) is 11.6. The lowest BCUT2D eigenvalue weighted by atomic mass is 10.0. The van der Waals surface area contributed by atoms with Gasteiger partial charge >= 0.3 is 0 Å². The van der Waals surface area contributed by atoms with Gasteiger partial charge in [-0.3, -0.25) is 4.79 Å². The van der Waals surface area contributed by atoms with Gasteiger partial charge in [-0.1, -0.05) is 17.7 Å². The molecule has 0 fully saturated rings. The second-order valence-electron chi connectivity index (χ2n) is 3.27. The molecule has 78 valence electrons. The van der Waals surface area contributed by atoms with Crippen molar-refractivity contribution < 1.29 is 4.79 Å².